The van der Waals surface area contributed by atoms with Gasteiger partial charge in [-0.2, -0.15) is 11.8 Å². The van der Waals surface area contributed by atoms with E-state index in [0.29, 0.717) is 6.10 Å². The standard InChI is InChI=1S/C8H13ClOS/c9-4-2-6-11-7-8-3-1-5-10-8/h2,4,8H,1,3,5-7H2/b4-2+. The summed E-state index contributed by atoms with van der Waals surface area (Å²) >= 11 is 7.25. The van der Waals surface area contributed by atoms with E-state index in [1.807, 2.05) is 17.8 Å². The van der Waals surface area contributed by atoms with Crippen LogP contribution < -0.4 is 0 Å². The van der Waals surface area contributed by atoms with Crippen molar-refractivity contribution in [2.75, 3.05) is 18.1 Å². The van der Waals surface area contributed by atoms with Crippen LogP contribution >= 0.6 is 23.4 Å². The normalized spacial score (nSPS) is 25.0. The van der Waals surface area contributed by atoms with Crippen LogP contribution in [0.2, 0.25) is 0 Å². The molecule has 0 radical (unpaired) electrons. The van der Waals surface area contributed by atoms with Crippen LogP contribution in [0.15, 0.2) is 11.6 Å². The Bertz CT molecular complexity index is 121. The molecule has 1 nitrogen and oxygen atoms in total. The second-order valence-corrected chi connectivity index (χ2v) is 3.86. The maximum atomic E-state index is 5.46. The predicted molar refractivity (Wildman–Crippen MR) is 51.3 cm³/mol. The minimum atomic E-state index is 0.503. The summed E-state index contributed by atoms with van der Waals surface area (Å²) in [4.78, 5) is 0. The molecule has 1 unspecified atom stereocenters. The molecule has 0 saturated carbocycles. The van der Waals surface area contributed by atoms with E-state index in [1.165, 1.54) is 12.8 Å². The topological polar surface area (TPSA) is 9.23 Å². The molecule has 0 bridgehead atoms. The van der Waals surface area contributed by atoms with Gasteiger partial charge in [0.05, 0.1) is 6.10 Å². The first-order valence-electron chi connectivity index (χ1n) is 3.88. The van der Waals surface area contributed by atoms with Crippen molar-refractivity contribution in [1.29, 1.82) is 0 Å². The zero-order chi connectivity index (χ0) is 7.94. The third kappa shape index (κ3) is 4.04. The van der Waals surface area contributed by atoms with Gasteiger partial charge in [-0.05, 0) is 12.8 Å². The maximum Gasteiger partial charge on any atom is 0.0666 e. The fourth-order valence-electron chi connectivity index (χ4n) is 1.08. The van der Waals surface area contributed by atoms with E-state index >= 15 is 0 Å². The van der Waals surface area contributed by atoms with Gasteiger partial charge in [0.25, 0.3) is 0 Å². The zero-order valence-corrected chi connectivity index (χ0v) is 8.03. The Hall–Kier alpha value is 0.340. The molecule has 1 heterocycles. The summed E-state index contributed by atoms with van der Waals surface area (Å²) in [6, 6.07) is 0. The van der Waals surface area contributed by atoms with Crippen molar-refractivity contribution in [2.24, 2.45) is 0 Å². The molecule has 1 aliphatic heterocycles. The molecule has 1 rings (SSSR count). The van der Waals surface area contributed by atoms with Crippen molar-refractivity contribution in [1.82, 2.24) is 0 Å². The molecule has 1 saturated heterocycles. The molecule has 0 amide bonds. The average Bonchev–Trinajstić information content (AvgIpc) is 2.50. The Labute approximate surface area is 77.1 Å². The van der Waals surface area contributed by atoms with E-state index < -0.39 is 0 Å². The Balaban J connectivity index is 1.93. The Morgan fingerprint density at radius 3 is 3.18 bits per heavy atom. The van der Waals surface area contributed by atoms with Crippen LogP contribution in [-0.2, 0) is 4.74 Å². The molecule has 11 heavy (non-hydrogen) atoms. The van der Waals surface area contributed by atoms with E-state index in [4.69, 9.17) is 16.3 Å². The largest absolute Gasteiger partial charge is 0.377 e. The molecule has 0 aliphatic carbocycles. The molecular weight excluding hydrogens is 180 g/mol. The number of rotatable bonds is 4. The van der Waals surface area contributed by atoms with E-state index in [1.54, 1.807) is 5.54 Å². The van der Waals surface area contributed by atoms with Gasteiger partial charge in [-0.15, -0.1) is 0 Å². The molecule has 0 aromatic rings. The van der Waals surface area contributed by atoms with Crippen LogP contribution in [0.25, 0.3) is 0 Å². The van der Waals surface area contributed by atoms with Crippen molar-refractivity contribution in [3.8, 4) is 0 Å². The molecule has 0 spiro atoms. The molecular formula is C8H13ClOS. The van der Waals surface area contributed by atoms with Gasteiger partial charge in [-0.3, -0.25) is 0 Å². The lowest BCUT2D eigenvalue weighted by molar-refractivity contribution is 0.129. The minimum Gasteiger partial charge on any atom is -0.377 e. The summed E-state index contributed by atoms with van der Waals surface area (Å²) in [6.45, 7) is 0.955. The summed E-state index contributed by atoms with van der Waals surface area (Å²) in [5.74, 6) is 2.12. The smallest absolute Gasteiger partial charge is 0.0666 e. The lowest BCUT2D eigenvalue weighted by Crippen LogP contribution is -2.07. The molecule has 0 aromatic carbocycles. The van der Waals surface area contributed by atoms with Crippen LogP contribution in [0.1, 0.15) is 12.8 Å². The lowest BCUT2D eigenvalue weighted by atomic mass is 10.3. The van der Waals surface area contributed by atoms with Crippen molar-refractivity contribution < 1.29 is 4.74 Å². The first-order valence-corrected chi connectivity index (χ1v) is 5.47. The molecule has 3 heteroatoms. The van der Waals surface area contributed by atoms with Gasteiger partial charge in [0, 0.05) is 23.6 Å². The third-order valence-electron chi connectivity index (χ3n) is 1.63. The van der Waals surface area contributed by atoms with E-state index in [9.17, 15) is 0 Å². The van der Waals surface area contributed by atoms with Gasteiger partial charge in [0.1, 0.15) is 0 Å². The van der Waals surface area contributed by atoms with Gasteiger partial charge in [-0.25, -0.2) is 0 Å². The maximum absolute atomic E-state index is 5.46. The van der Waals surface area contributed by atoms with Gasteiger partial charge in [-0.1, -0.05) is 17.7 Å². The first kappa shape index (κ1) is 9.43. The third-order valence-corrected chi connectivity index (χ3v) is 2.84. The number of thioether (sulfide) groups is 1. The molecule has 1 aliphatic rings. The summed E-state index contributed by atoms with van der Waals surface area (Å²) in [5.41, 5.74) is 1.57. The van der Waals surface area contributed by atoms with Crippen molar-refractivity contribution >= 4 is 23.4 Å². The summed E-state index contributed by atoms with van der Waals surface area (Å²) in [7, 11) is 0. The van der Waals surface area contributed by atoms with Crippen LogP contribution in [0.5, 0.6) is 0 Å². The number of hydrogen-bond acceptors (Lipinski definition) is 2. The fourth-order valence-corrected chi connectivity index (χ4v) is 2.17. The summed E-state index contributed by atoms with van der Waals surface area (Å²) in [5, 5.41) is 0. The van der Waals surface area contributed by atoms with E-state index in [2.05, 4.69) is 0 Å². The highest BCUT2D eigenvalue weighted by Crippen LogP contribution is 2.16. The number of halogens is 1. The summed E-state index contributed by atoms with van der Waals surface area (Å²) < 4.78 is 5.46. The van der Waals surface area contributed by atoms with Gasteiger partial charge in [0.2, 0.25) is 0 Å². The first-order chi connectivity index (χ1) is 5.43. The fraction of sp³-hybridized carbons (Fsp3) is 0.750. The van der Waals surface area contributed by atoms with Crippen molar-refractivity contribution in [2.45, 2.75) is 18.9 Å². The number of ether oxygens (including phenoxy) is 1. The quantitative estimate of drug-likeness (QED) is 0.634. The van der Waals surface area contributed by atoms with E-state index in [-0.39, 0.29) is 0 Å². The van der Waals surface area contributed by atoms with Crippen molar-refractivity contribution in [3.63, 3.8) is 0 Å². The minimum absolute atomic E-state index is 0.503. The SMILES string of the molecule is Cl/C=C/CSCC1CCCO1. The average molecular weight is 193 g/mol. The Morgan fingerprint density at radius 1 is 1.64 bits per heavy atom. The van der Waals surface area contributed by atoms with Crippen LogP contribution in [0.3, 0.4) is 0 Å². The van der Waals surface area contributed by atoms with Gasteiger partial charge < -0.3 is 4.74 Å². The second-order valence-electron chi connectivity index (χ2n) is 2.53. The monoisotopic (exact) mass is 192 g/mol. The van der Waals surface area contributed by atoms with Gasteiger partial charge >= 0.3 is 0 Å². The highest BCUT2D eigenvalue weighted by Gasteiger charge is 2.14. The van der Waals surface area contributed by atoms with Crippen LogP contribution in [-0.4, -0.2) is 24.2 Å². The molecule has 1 fully saturated rings. The highest BCUT2D eigenvalue weighted by atomic mass is 35.5. The number of hydrogen-bond donors (Lipinski definition) is 0. The van der Waals surface area contributed by atoms with Crippen LogP contribution in [0.4, 0.5) is 0 Å². The lowest BCUT2D eigenvalue weighted by Gasteiger charge is -2.06. The predicted octanol–water partition coefficient (Wildman–Crippen LogP) is 2.65. The molecule has 0 N–H and O–H groups in total. The Kier molecular flexibility index (Phi) is 5.08. The van der Waals surface area contributed by atoms with E-state index in [0.717, 1.165) is 18.1 Å². The molecule has 64 valence electrons. The highest BCUT2D eigenvalue weighted by molar-refractivity contribution is 7.99. The molecule has 0 aromatic heterocycles. The summed E-state index contributed by atoms with van der Waals surface area (Å²) in [6.07, 6.45) is 4.93. The second kappa shape index (κ2) is 5.92. The van der Waals surface area contributed by atoms with Crippen LogP contribution in [0, 0.1) is 0 Å². The Morgan fingerprint density at radius 2 is 2.55 bits per heavy atom. The molecule has 1 atom stereocenters. The van der Waals surface area contributed by atoms with Crippen molar-refractivity contribution in [3.05, 3.63) is 11.6 Å². The van der Waals surface area contributed by atoms with Gasteiger partial charge in [0.15, 0.2) is 0 Å². The zero-order valence-electron chi connectivity index (χ0n) is 6.46.